The Morgan fingerprint density at radius 2 is 1.92 bits per heavy atom. The van der Waals surface area contributed by atoms with Gasteiger partial charge < -0.3 is 25.1 Å². The monoisotopic (exact) mass is 529 g/mol. The molecule has 204 valence electrons. The third kappa shape index (κ3) is 4.85. The van der Waals surface area contributed by atoms with Gasteiger partial charge in [0.2, 0.25) is 0 Å². The Morgan fingerprint density at radius 3 is 2.72 bits per heavy atom. The average molecular weight is 530 g/mol. The molecule has 0 bridgehead atoms. The van der Waals surface area contributed by atoms with Crippen molar-refractivity contribution in [1.29, 1.82) is 0 Å². The molecule has 2 aromatic heterocycles. The number of hydrogen-bond donors (Lipinski definition) is 3. The summed E-state index contributed by atoms with van der Waals surface area (Å²) in [5.41, 5.74) is 4.92. The number of carbonyl (C=O) groups excluding carboxylic acids is 2. The topological polar surface area (TPSA) is 118 Å². The number of para-hydroxylation sites is 1. The minimum absolute atomic E-state index is 0.0445. The fourth-order valence-corrected chi connectivity index (χ4v) is 6.24. The van der Waals surface area contributed by atoms with Crippen LogP contribution >= 0.6 is 0 Å². The number of hydrogen-bond acceptors (Lipinski definition) is 6. The first-order chi connectivity index (χ1) is 18.8. The number of aliphatic hydroxyl groups is 1. The molecule has 39 heavy (non-hydrogen) atoms. The van der Waals surface area contributed by atoms with Gasteiger partial charge in [-0.15, -0.1) is 0 Å². The highest BCUT2D eigenvalue weighted by Crippen LogP contribution is 2.33. The molecule has 3 aliphatic rings. The number of nitrogens with one attached hydrogen (secondary N) is 2. The quantitative estimate of drug-likeness (QED) is 0.478. The lowest BCUT2D eigenvalue weighted by Gasteiger charge is -2.39. The molecule has 10 heteroatoms. The Balaban J connectivity index is 1.16. The second kappa shape index (κ2) is 10.00. The maximum atomic E-state index is 13.7. The lowest BCUT2D eigenvalue weighted by molar-refractivity contribution is 0.0684. The predicted molar refractivity (Wildman–Crippen MR) is 148 cm³/mol. The minimum atomic E-state index is -0.240. The van der Waals surface area contributed by atoms with E-state index in [0.717, 1.165) is 41.8 Å². The van der Waals surface area contributed by atoms with E-state index < -0.39 is 0 Å². The number of urea groups is 1. The van der Waals surface area contributed by atoms with Gasteiger partial charge in [0.05, 0.1) is 18.5 Å². The van der Waals surface area contributed by atoms with Gasteiger partial charge in [0.25, 0.3) is 5.91 Å². The highest BCUT2D eigenvalue weighted by molar-refractivity contribution is 5.95. The van der Waals surface area contributed by atoms with Crippen LogP contribution in [0.25, 0.3) is 0 Å². The summed E-state index contributed by atoms with van der Waals surface area (Å²) in [4.78, 5) is 37.3. The number of fused-ring (bicyclic) bond motifs is 2. The van der Waals surface area contributed by atoms with Crippen LogP contribution in [0.4, 0.5) is 16.3 Å². The number of piperidine rings is 1. The molecule has 0 atom stereocenters. The van der Waals surface area contributed by atoms with Gasteiger partial charge in [-0.25, -0.2) is 9.78 Å². The standard InChI is InChI=1S/C29H35N7O3/c1-29(2)18-35(16-21-15-30-33-26(21)29)27(38)20-13-22(17-37)31-25(14-20)34-10-8-23(9-11-34)36-12-7-19-5-3-4-6-24(19)32-28(36)39/h3-6,13-15,23,37H,7-12,16-18H2,1-2H3,(H,30,33)(H,32,39). The van der Waals surface area contributed by atoms with Gasteiger partial charge in [-0.2, -0.15) is 5.10 Å². The zero-order valence-electron chi connectivity index (χ0n) is 22.5. The van der Waals surface area contributed by atoms with Crippen molar-refractivity contribution in [1.82, 2.24) is 25.0 Å². The largest absolute Gasteiger partial charge is 0.390 e. The van der Waals surface area contributed by atoms with Crippen molar-refractivity contribution >= 4 is 23.4 Å². The van der Waals surface area contributed by atoms with Gasteiger partial charge in [-0.05, 0) is 43.0 Å². The van der Waals surface area contributed by atoms with Gasteiger partial charge in [0.15, 0.2) is 0 Å². The number of amides is 3. The first kappa shape index (κ1) is 25.4. The third-order valence-corrected chi connectivity index (χ3v) is 8.27. The first-order valence-electron chi connectivity index (χ1n) is 13.7. The molecule has 0 aliphatic carbocycles. The molecule has 6 rings (SSSR count). The Labute approximate surface area is 228 Å². The molecule has 3 aliphatic heterocycles. The molecule has 3 N–H and O–H groups in total. The number of benzene rings is 1. The zero-order chi connectivity index (χ0) is 27.1. The summed E-state index contributed by atoms with van der Waals surface area (Å²) in [6, 6.07) is 11.6. The van der Waals surface area contributed by atoms with Crippen molar-refractivity contribution in [3.8, 4) is 0 Å². The summed E-state index contributed by atoms with van der Waals surface area (Å²) in [7, 11) is 0. The molecule has 10 nitrogen and oxygen atoms in total. The number of H-pyrrole nitrogens is 1. The van der Waals surface area contributed by atoms with Crippen LogP contribution in [0.5, 0.6) is 0 Å². The number of rotatable bonds is 4. The fraction of sp³-hybridized carbons (Fsp3) is 0.448. The summed E-state index contributed by atoms with van der Waals surface area (Å²) in [5.74, 6) is 0.611. The number of anilines is 2. The number of aromatic nitrogens is 3. The Hall–Kier alpha value is -3.92. The van der Waals surface area contributed by atoms with Crippen LogP contribution in [-0.4, -0.2) is 74.2 Å². The lowest BCUT2D eigenvalue weighted by Crippen LogP contribution is -2.49. The number of aliphatic hydroxyl groups excluding tert-OH is 1. The van der Waals surface area contributed by atoms with Gasteiger partial charge in [-0.3, -0.25) is 9.89 Å². The highest BCUT2D eigenvalue weighted by Gasteiger charge is 2.36. The highest BCUT2D eigenvalue weighted by atomic mass is 16.3. The van der Waals surface area contributed by atoms with E-state index in [9.17, 15) is 14.7 Å². The summed E-state index contributed by atoms with van der Waals surface area (Å²) < 4.78 is 0. The van der Waals surface area contributed by atoms with E-state index in [0.29, 0.717) is 49.8 Å². The first-order valence-corrected chi connectivity index (χ1v) is 13.7. The van der Waals surface area contributed by atoms with Crippen LogP contribution in [0.15, 0.2) is 42.6 Å². The Kier molecular flexibility index (Phi) is 6.50. The number of carbonyl (C=O) groups is 2. The van der Waals surface area contributed by atoms with E-state index >= 15 is 0 Å². The normalized spacial score (nSPS) is 19.3. The Morgan fingerprint density at radius 1 is 1.13 bits per heavy atom. The maximum absolute atomic E-state index is 13.7. The van der Waals surface area contributed by atoms with Crippen LogP contribution in [-0.2, 0) is 25.0 Å². The number of pyridine rings is 1. The van der Waals surface area contributed by atoms with Crippen molar-refractivity contribution in [2.24, 2.45) is 0 Å². The van der Waals surface area contributed by atoms with Crippen LogP contribution in [0.3, 0.4) is 0 Å². The van der Waals surface area contributed by atoms with Crippen molar-refractivity contribution in [3.05, 3.63) is 70.7 Å². The molecule has 3 aromatic rings. The summed E-state index contributed by atoms with van der Waals surface area (Å²) >= 11 is 0. The van der Waals surface area contributed by atoms with Crippen LogP contribution in [0.1, 0.15) is 59.6 Å². The SMILES string of the molecule is CC1(C)CN(C(=O)c2cc(CO)nc(N3CCC(N4CCc5ccccc5NC4=O)CC3)c2)Cc2cn[nH]c21. The van der Waals surface area contributed by atoms with E-state index in [2.05, 4.69) is 45.3 Å². The van der Waals surface area contributed by atoms with Crippen LogP contribution < -0.4 is 10.2 Å². The van der Waals surface area contributed by atoms with E-state index in [4.69, 9.17) is 0 Å². The second-order valence-electron chi connectivity index (χ2n) is 11.4. The zero-order valence-corrected chi connectivity index (χ0v) is 22.5. The van der Waals surface area contributed by atoms with Crippen molar-refractivity contribution < 1.29 is 14.7 Å². The summed E-state index contributed by atoms with van der Waals surface area (Å²) in [5, 5.41) is 20.3. The average Bonchev–Trinajstić information content (AvgIpc) is 3.36. The summed E-state index contributed by atoms with van der Waals surface area (Å²) in [6.07, 6.45) is 4.23. The minimum Gasteiger partial charge on any atom is -0.390 e. The van der Waals surface area contributed by atoms with Gasteiger partial charge in [-0.1, -0.05) is 32.0 Å². The summed E-state index contributed by atoms with van der Waals surface area (Å²) in [6.45, 7) is 7.15. The fourth-order valence-electron chi connectivity index (χ4n) is 6.24. The molecule has 0 unspecified atom stereocenters. The van der Waals surface area contributed by atoms with E-state index in [1.165, 1.54) is 0 Å². The molecule has 0 spiro atoms. The van der Waals surface area contributed by atoms with Gasteiger partial charge >= 0.3 is 6.03 Å². The lowest BCUT2D eigenvalue weighted by atomic mass is 9.83. The Bertz CT molecular complexity index is 1390. The van der Waals surface area contributed by atoms with Gasteiger partial charge in [0, 0.05) is 66.7 Å². The van der Waals surface area contributed by atoms with Crippen molar-refractivity contribution in [2.75, 3.05) is 36.4 Å². The third-order valence-electron chi connectivity index (χ3n) is 8.27. The second-order valence-corrected chi connectivity index (χ2v) is 11.4. The molecule has 0 radical (unpaired) electrons. The predicted octanol–water partition coefficient (Wildman–Crippen LogP) is 3.29. The van der Waals surface area contributed by atoms with Crippen molar-refractivity contribution in [3.63, 3.8) is 0 Å². The molecule has 1 fully saturated rings. The van der Waals surface area contributed by atoms with Gasteiger partial charge in [0.1, 0.15) is 5.82 Å². The maximum Gasteiger partial charge on any atom is 0.322 e. The molecule has 3 amide bonds. The number of nitrogens with zero attached hydrogens (tertiary/aromatic N) is 5. The van der Waals surface area contributed by atoms with Crippen molar-refractivity contribution in [2.45, 2.75) is 57.7 Å². The van der Waals surface area contributed by atoms with E-state index in [1.807, 2.05) is 34.1 Å². The molecular weight excluding hydrogens is 494 g/mol. The molecule has 1 saturated heterocycles. The molecule has 5 heterocycles. The van der Waals surface area contributed by atoms with E-state index in [-0.39, 0.29) is 30.0 Å². The molecule has 0 saturated carbocycles. The van der Waals surface area contributed by atoms with E-state index in [1.54, 1.807) is 12.3 Å². The van der Waals surface area contributed by atoms with Crippen LogP contribution in [0, 0.1) is 0 Å². The number of aromatic amines is 1. The molecule has 1 aromatic carbocycles. The van der Waals surface area contributed by atoms with Crippen LogP contribution in [0.2, 0.25) is 0 Å². The smallest absolute Gasteiger partial charge is 0.322 e. The molecular formula is C29H35N7O3.